The third-order valence-electron chi connectivity index (χ3n) is 5.67. The van der Waals surface area contributed by atoms with Crippen LogP contribution >= 0.6 is 0 Å². The van der Waals surface area contributed by atoms with Gasteiger partial charge in [0.15, 0.2) is 0 Å². The first kappa shape index (κ1) is 18.8. The Morgan fingerprint density at radius 3 is 2.68 bits per heavy atom. The first-order valence-electron chi connectivity index (χ1n) is 10.2. The molecule has 0 atom stereocenters. The van der Waals surface area contributed by atoms with Crippen LogP contribution in [0.3, 0.4) is 0 Å². The normalized spacial score (nSPS) is 16.0. The molecule has 0 saturated carbocycles. The van der Waals surface area contributed by atoms with Crippen molar-refractivity contribution in [2.24, 2.45) is 0 Å². The number of carbonyl (C=O) groups excluding carboxylic acids is 1. The molecule has 0 fully saturated rings. The van der Waals surface area contributed by atoms with E-state index in [1.807, 2.05) is 29.2 Å². The third-order valence-corrected chi connectivity index (χ3v) is 5.67. The van der Waals surface area contributed by atoms with Gasteiger partial charge in [-0.15, -0.1) is 0 Å². The number of amides is 1. The minimum absolute atomic E-state index is 0.248. The van der Waals surface area contributed by atoms with Crippen LogP contribution in [0.25, 0.3) is 0 Å². The Hall–Kier alpha value is -2.53. The molecule has 1 N–H and O–H groups in total. The number of carbonyl (C=O) groups is 1. The zero-order valence-corrected chi connectivity index (χ0v) is 16.5. The molecule has 4 rings (SSSR count). The van der Waals surface area contributed by atoms with Gasteiger partial charge >= 0.3 is 6.09 Å². The molecule has 2 aromatic rings. The van der Waals surface area contributed by atoms with Crippen LogP contribution < -0.4 is 15.0 Å². The van der Waals surface area contributed by atoms with Crippen LogP contribution in [0.2, 0.25) is 0 Å². The second kappa shape index (κ2) is 8.65. The molecule has 5 heteroatoms. The molecular weight excluding hydrogens is 352 g/mol. The minimum Gasteiger partial charge on any atom is -0.496 e. The van der Waals surface area contributed by atoms with Crippen LogP contribution in [-0.2, 0) is 30.4 Å². The average Bonchev–Trinajstić information content (AvgIpc) is 2.96. The van der Waals surface area contributed by atoms with Crippen molar-refractivity contribution in [3.8, 4) is 5.75 Å². The van der Waals surface area contributed by atoms with E-state index in [0.29, 0.717) is 13.0 Å². The lowest BCUT2D eigenvalue weighted by molar-refractivity contribution is 0.154. The van der Waals surface area contributed by atoms with Gasteiger partial charge in [0.25, 0.3) is 0 Å². The number of anilines is 1. The van der Waals surface area contributed by atoms with Crippen molar-refractivity contribution in [2.45, 2.75) is 32.1 Å². The van der Waals surface area contributed by atoms with E-state index in [9.17, 15) is 4.79 Å². The van der Waals surface area contributed by atoms with Crippen molar-refractivity contribution >= 4 is 11.8 Å². The Balaban J connectivity index is 1.45. The summed E-state index contributed by atoms with van der Waals surface area (Å²) in [5, 5.41) is 3.46. The number of nitrogens with one attached hydrogen (secondary N) is 1. The fourth-order valence-corrected chi connectivity index (χ4v) is 4.19. The summed E-state index contributed by atoms with van der Waals surface area (Å²) >= 11 is 0. The second-order valence-corrected chi connectivity index (χ2v) is 7.43. The van der Waals surface area contributed by atoms with Crippen LogP contribution in [0.1, 0.15) is 28.7 Å². The molecule has 2 aliphatic rings. The fourth-order valence-electron chi connectivity index (χ4n) is 4.19. The molecule has 0 saturated heterocycles. The van der Waals surface area contributed by atoms with Gasteiger partial charge in [0.1, 0.15) is 5.75 Å². The highest BCUT2D eigenvalue weighted by Crippen LogP contribution is 2.32. The summed E-state index contributed by atoms with van der Waals surface area (Å²) < 4.78 is 11.0. The predicted molar refractivity (Wildman–Crippen MR) is 110 cm³/mol. The van der Waals surface area contributed by atoms with E-state index in [1.54, 1.807) is 7.11 Å². The number of rotatable bonds is 4. The first-order chi connectivity index (χ1) is 13.8. The highest BCUT2D eigenvalue weighted by molar-refractivity contribution is 5.89. The van der Waals surface area contributed by atoms with Gasteiger partial charge in [-0.25, -0.2) is 4.79 Å². The summed E-state index contributed by atoms with van der Waals surface area (Å²) in [4.78, 5) is 14.6. The van der Waals surface area contributed by atoms with E-state index in [4.69, 9.17) is 9.47 Å². The lowest BCUT2D eigenvalue weighted by Crippen LogP contribution is -2.36. The second-order valence-electron chi connectivity index (χ2n) is 7.43. The van der Waals surface area contributed by atoms with Crippen LogP contribution in [0, 0.1) is 0 Å². The largest absolute Gasteiger partial charge is 0.496 e. The summed E-state index contributed by atoms with van der Waals surface area (Å²) in [6.45, 7) is 3.09. The zero-order valence-electron chi connectivity index (χ0n) is 16.5. The molecule has 2 aliphatic heterocycles. The molecule has 1 amide bonds. The maximum Gasteiger partial charge on any atom is 0.414 e. The molecule has 148 valence electrons. The minimum atomic E-state index is -0.248. The van der Waals surface area contributed by atoms with Gasteiger partial charge in [0.05, 0.1) is 19.4 Å². The predicted octanol–water partition coefficient (Wildman–Crippen LogP) is 3.52. The quantitative estimate of drug-likeness (QED) is 0.882. The average molecular weight is 380 g/mol. The number of nitrogens with zero attached hydrogens (tertiary/aromatic N) is 1. The van der Waals surface area contributed by atoms with E-state index >= 15 is 0 Å². The van der Waals surface area contributed by atoms with E-state index < -0.39 is 0 Å². The van der Waals surface area contributed by atoms with E-state index in [2.05, 4.69) is 17.4 Å². The van der Waals surface area contributed by atoms with E-state index in [-0.39, 0.29) is 6.09 Å². The summed E-state index contributed by atoms with van der Waals surface area (Å²) in [7, 11) is 1.66. The monoisotopic (exact) mass is 380 g/mol. The Bertz CT molecular complexity index is 850. The molecule has 0 radical (unpaired) electrons. The molecule has 2 heterocycles. The number of ether oxygens (including phenoxy) is 2. The number of benzene rings is 2. The Kier molecular flexibility index (Phi) is 5.81. The highest BCUT2D eigenvalue weighted by atomic mass is 16.6. The summed E-state index contributed by atoms with van der Waals surface area (Å²) in [5.74, 6) is 0.832. The third kappa shape index (κ3) is 3.99. The van der Waals surface area contributed by atoms with Gasteiger partial charge in [-0.05, 0) is 73.2 Å². The highest BCUT2D eigenvalue weighted by Gasteiger charge is 2.25. The topological polar surface area (TPSA) is 50.8 Å². The number of aryl methyl sites for hydroxylation is 1. The van der Waals surface area contributed by atoms with E-state index in [1.165, 1.54) is 16.7 Å². The maximum atomic E-state index is 12.8. The van der Waals surface area contributed by atoms with Crippen molar-refractivity contribution in [3.63, 3.8) is 0 Å². The van der Waals surface area contributed by atoms with Crippen molar-refractivity contribution in [1.29, 1.82) is 0 Å². The smallest absolute Gasteiger partial charge is 0.414 e. The van der Waals surface area contributed by atoms with E-state index in [0.717, 1.165) is 62.3 Å². The molecule has 5 nitrogen and oxygen atoms in total. The summed E-state index contributed by atoms with van der Waals surface area (Å²) in [5.41, 5.74) is 6.14. The van der Waals surface area contributed by atoms with Crippen molar-refractivity contribution in [3.05, 3.63) is 58.7 Å². The van der Waals surface area contributed by atoms with Gasteiger partial charge in [-0.2, -0.15) is 0 Å². The van der Waals surface area contributed by atoms with Crippen molar-refractivity contribution in [2.75, 3.05) is 38.3 Å². The standard InChI is InChI=1S/C23H28N2O3/c1-27-22-7-3-2-5-17(22)10-14-28-23(26)25-13-4-6-20-15-18-8-11-24-12-9-19(18)16-21(20)25/h2-3,5,7,15-16,24H,4,6,8-14H2,1H3. The number of hydrogen-bond donors (Lipinski definition) is 1. The summed E-state index contributed by atoms with van der Waals surface area (Å²) in [6.07, 6.45) is 4.48. The Labute approximate surface area is 166 Å². The first-order valence-corrected chi connectivity index (χ1v) is 10.2. The van der Waals surface area contributed by atoms with Gasteiger partial charge < -0.3 is 14.8 Å². The van der Waals surface area contributed by atoms with Crippen LogP contribution in [0.15, 0.2) is 36.4 Å². The number of fused-ring (bicyclic) bond motifs is 2. The lowest BCUT2D eigenvalue weighted by atomic mass is 9.93. The fraction of sp³-hybridized carbons (Fsp3) is 0.435. The SMILES string of the molecule is COc1ccccc1CCOC(=O)N1CCCc2cc3c(cc21)CCNCC3. The molecule has 28 heavy (non-hydrogen) atoms. The molecular formula is C23H28N2O3. The van der Waals surface area contributed by atoms with Crippen molar-refractivity contribution < 1.29 is 14.3 Å². The molecule has 2 aromatic carbocycles. The lowest BCUT2D eigenvalue weighted by Gasteiger charge is -2.30. The molecule has 0 spiro atoms. The molecule has 0 unspecified atom stereocenters. The summed E-state index contributed by atoms with van der Waals surface area (Å²) in [6, 6.07) is 12.4. The van der Waals surface area contributed by atoms with Gasteiger partial charge in [0, 0.05) is 13.0 Å². The molecule has 0 aliphatic carbocycles. The number of hydrogen-bond acceptors (Lipinski definition) is 4. The van der Waals surface area contributed by atoms with Crippen LogP contribution in [-0.4, -0.2) is 39.4 Å². The maximum absolute atomic E-state index is 12.8. The van der Waals surface area contributed by atoms with Gasteiger partial charge in [-0.1, -0.05) is 24.3 Å². The van der Waals surface area contributed by atoms with Gasteiger partial charge in [0.2, 0.25) is 0 Å². The number of para-hydroxylation sites is 1. The Morgan fingerprint density at radius 1 is 1.07 bits per heavy atom. The molecule has 0 bridgehead atoms. The molecule has 0 aromatic heterocycles. The van der Waals surface area contributed by atoms with Crippen LogP contribution in [0.4, 0.5) is 10.5 Å². The Morgan fingerprint density at radius 2 is 1.86 bits per heavy atom. The van der Waals surface area contributed by atoms with Crippen LogP contribution in [0.5, 0.6) is 5.75 Å². The zero-order chi connectivity index (χ0) is 19.3. The van der Waals surface area contributed by atoms with Gasteiger partial charge in [-0.3, -0.25) is 4.90 Å². The van der Waals surface area contributed by atoms with Crippen molar-refractivity contribution in [1.82, 2.24) is 5.32 Å². The number of methoxy groups -OCH3 is 1.